The van der Waals surface area contributed by atoms with Crippen LogP contribution in [0.2, 0.25) is 0 Å². The first-order chi connectivity index (χ1) is 14.7. The summed E-state index contributed by atoms with van der Waals surface area (Å²) < 4.78 is 0. The lowest BCUT2D eigenvalue weighted by Crippen LogP contribution is -2.67. The zero-order chi connectivity index (χ0) is 23.5. The molecule has 0 amide bonds. The first-order valence-electron chi connectivity index (χ1n) is 13.8. The van der Waals surface area contributed by atoms with Crippen molar-refractivity contribution in [1.82, 2.24) is 0 Å². The smallest absolute Gasteiger partial charge is 0.0755 e. The van der Waals surface area contributed by atoms with Crippen molar-refractivity contribution in [2.75, 3.05) is 0 Å². The number of fused-ring (bicyclic) bond motifs is 7. The Hall–Kier alpha value is -0.340. The largest absolute Gasteiger partial charge is 0.393 e. The molecule has 0 aliphatic heterocycles. The molecule has 2 nitrogen and oxygen atoms in total. The minimum absolute atomic E-state index is 0.0307. The Labute approximate surface area is 197 Å². The SMILES string of the molecule is C=C1C(C)[C@H]2[C@H]3CC[C@@H]4[C@@]5(C)CCC(O)C(C)(C)C5CC[C@@]4(C)[C@]3(C)CC[C@@]2(C)C[C@H]1O. The van der Waals surface area contributed by atoms with Crippen molar-refractivity contribution in [2.24, 2.45) is 56.7 Å². The van der Waals surface area contributed by atoms with Crippen LogP contribution < -0.4 is 0 Å². The Morgan fingerprint density at radius 3 is 2.16 bits per heavy atom. The van der Waals surface area contributed by atoms with Gasteiger partial charge in [-0.05, 0) is 120 Å². The van der Waals surface area contributed by atoms with Gasteiger partial charge in [0.1, 0.15) is 0 Å². The van der Waals surface area contributed by atoms with Crippen LogP contribution in [-0.4, -0.2) is 22.4 Å². The van der Waals surface area contributed by atoms with Gasteiger partial charge in [0.25, 0.3) is 0 Å². The summed E-state index contributed by atoms with van der Waals surface area (Å²) in [6.07, 6.45) is 10.5. The van der Waals surface area contributed by atoms with Crippen molar-refractivity contribution in [2.45, 2.75) is 118 Å². The maximum Gasteiger partial charge on any atom is 0.0755 e. The van der Waals surface area contributed by atoms with E-state index in [9.17, 15) is 10.2 Å². The Bertz CT molecular complexity index is 801. The normalized spacial score (nSPS) is 59.4. The third-order valence-corrected chi connectivity index (χ3v) is 13.6. The van der Waals surface area contributed by atoms with E-state index in [2.05, 4.69) is 55.0 Å². The van der Waals surface area contributed by atoms with E-state index in [0.717, 1.165) is 30.3 Å². The van der Waals surface area contributed by atoms with Crippen LogP contribution in [-0.2, 0) is 0 Å². The minimum Gasteiger partial charge on any atom is -0.393 e. The Balaban J connectivity index is 1.54. The summed E-state index contributed by atoms with van der Waals surface area (Å²) in [6, 6.07) is 0. The van der Waals surface area contributed by atoms with E-state index < -0.39 is 0 Å². The molecule has 5 aliphatic rings. The topological polar surface area (TPSA) is 40.5 Å². The number of aliphatic hydroxyl groups is 2. The van der Waals surface area contributed by atoms with E-state index in [1.165, 1.54) is 44.9 Å². The molecule has 2 N–H and O–H groups in total. The van der Waals surface area contributed by atoms with E-state index in [1.807, 2.05) is 0 Å². The summed E-state index contributed by atoms with van der Waals surface area (Å²) in [5.74, 6) is 3.21. The Kier molecular flexibility index (Phi) is 5.02. The highest BCUT2D eigenvalue weighted by molar-refractivity contribution is 5.23. The van der Waals surface area contributed by atoms with Crippen molar-refractivity contribution in [3.8, 4) is 0 Å². The third kappa shape index (κ3) is 2.66. The molecule has 0 aromatic heterocycles. The lowest BCUT2D eigenvalue weighted by atomic mass is 9.31. The molecule has 11 atom stereocenters. The van der Waals surface area contributed by atoms with E-state index in [0.29, 0.717) is 34.0 Å². The quantitative estimate of drug-likeness (QED) is 0.397. The second-order valence-corrected chi connectivity index (χ2v) is 14.8. The molecule has 0 aromatic carbocycles. The highest BCUT2D eigenvalue weighted by Crippen LogP contribution is 2.76. The van der Waals surface area contributed by atoms with E-state index in [1.54, 1.807) is 0 Å². The molecule has 5 saturated carbocycles. The number of hydrogen-bond donors (Lipinski definition) is 2. The molecule has 3 unspecified atom stereocenters. The Morgan fingerprint density at radius 1 is 0.781 bits per heavy atom. The van der Waals surface area contributed by atoms with Crippen LogP contribution >= 0.6 is 0 Å². The molecule has 0 saturated heterocycles. The first-order valence-corrected chi connectivity index (χ1v) is 13.8. The van der Waals surface area contributed by atoms with Crippen LogP contribution in [0.1, 0.15) is 106 Å². The lowest BCUT2D eigenvalue weighted by Gasteiger charge is -2.74. The van der Waals surface area contributed by atoms with Gasteiger partial charge >= 0.3 is 0 Å². The molecule has 0 heterocycles. The predicted molar refractivity (Wildman–Crippen MR) is 132 cm³/mol. The summed E-state index contributed by atoms with van der Waals surface area (Å²) in [6.45, 7) is 21.9. The van der Waals surface area contributed by atoms with Crippen molar-refractivity contribution in [3.05, 3.63) is 12.2 Å². The van der Waals surface area contributed by atoms with E-state index in [4.69, 9.17) is 0 Å². The predicted octanol–water partition coefficient (Wildman–Crippen LogP) is 7.00. The van der Waals surface area contributed by atoms with Crippen molar-refractivity contribution in [1.29, 1.82) is 0 Å². The molecular weight excluding hydrogens is 392 g/mol. The molecule has 5 fully saturated rings. The summed E-state index contributed by atoms with van der Waals surface area (Å²) in [5, 5.41) is 21.7. The number of rotatable bonds is 0. The maximum absolute atomic E-state index is 10.9. The van der Waals surface area contributed by atoms with Crippen molar-refractivity contribution >= 4 is 0 Å². The van der Waals surface area contributed by atoms with Gasteiger partial charge in [0.2, 0.25) is 0 Å². The average molecular weight is 443 g/mol. The monoisotopic (exact) mass is 442 g/mol. The molecule has 0 aromatic rings. The fraction of sp³-hybridized carbons (Fsp3) is 0.933. The van der Waals surface area contributed by atoms with E-state index in [-0.39, 0.29) is 23.0 Å². The van der Waals surface area contributed by atoms with Gasteiger partial charge in [-0.1, -0.05) is 55.0 Å². The standard InChI is InChI=1S/C30H50O2/c1-18-19(2)25-20-9-10-23-28(6)13-12-24(32)26(3,4)22(28)11-14-30(23,8)29(20,7)16-15-27(25,5)17-21(18)31/h19-25,31-32H,1,9-17H2,2-8H3/t19?,20-,21-,22?,23-,24?,25+,27+,28+,29-,30-/m1/s1. The molecule has 5 rings (SSSR count). The van der Waals surface area contributed by atoms with E-state index >= 15 is 0 Å². The van der Waals surface area contributed by atoms with Gasteiger partial charge in [0, 0.05) is 0 Å². The van der Waals surface area contributed by atoms with Crippen LogP contribution in [0.25, 0.3) is 0 Å². The maximum atomic E-state index is 10.9. The van der Waals surface area contributed by atoms with Gasteiger partial charge in [-0.15, -0.1) is 0 Å². The molecule has 182 valence electrons. The highest BCUT2D eigenvalue weighted by Gasteiger charge is 2.70. The fourth-order valence-electron chi connectivity index (χ4n) is 11.5. The molecule has 5 aliphatic carbocycles. The zero-order valence-corrected chi connectivity index (χ0v) is 22.0. The molecule has 32 heavy (non-hydrogen) atoms. The van der Waals surface area contributed by atoms with Crippen LogP contribution in [0.15, 0.2) is 12.2 Å². The third-order valence-electron chi connectivity index (χ3n) is 13.6. The summed E-state index contributed by atoms with van der Waals surface area (Å²) in [4.78, 5) is 0. The summed E-state index contributed by atoms with van der Waals surface area (Å²) >= 11 is 0. The van der Waals surface area contributed by atoms with Gasteiger partial charge in [-0.3, -0.25) is 0 Å². The second-order valence-electron chi connectivity index (χ2n) is 14.8. The molecule has 2 heteroatoms. The van der Waals surface area contributed by atoms with Gasteiger partial charge < -0.3 is 10.2 Å². The van der Waals surface area contributed by atoms with Crippen molar-refractivity contribution in [3.63, 3.8) is 0 Å². The van der Waals surface area contributed by atoms with Crippen LogP contribution in [0.4, 0.5) is 0 Å². The zero-order valence-electron chi connectivity index (χ0n) is 22.0. The number of hydrogen-bond acceptors (Lipinski definition) is 2. The van der Waals surface area contributed by atoms with Crippen LogP contribution in [0.5, 0.6) is 0 Å². The summed E-state index contributed by atoms with van der Waals surface area (Å²) in [7, 11) is 0. The van der Waals surface area contributed by atoms with Gasteiger partial charge in [-0.25, -0.2) is 0 Å². The van der Waals surface area contributed by atoms with Crippen LogP contribution in [0, 0.1) is 56.7 Å². The average Bonchev–Trinajstić information content (AvgIpc) is 2.70. The van der Waals surface area contributed by atoms with Crippen LogP contribution in [0.3, 0.4) is 0 Å². The first kappa shape index (κ1) is 23.4. The number of aliphatic hydroxyl groups excluding tert-OH is 2. The lowest BCUT2D eigenvalue weighted by molar-refractivity contribution is -0.253. The molecular formula is C30H50O2. The van der Waals surface area contributed by atoms with Gasteiger partial charge in [0.15, 0.2) is 0 Å². The van der Waals surface area contributed by atoms with Gasteiger partial charge in [0.05, 0.1) is 12.2 Å². The van der Waals surface area contributed by atoms with Gasteiger partial charge in [-0.2, -0.15) is 0 Å². The van der Waals surface area contributed by atoms with Crippen molar-refractivity contribution < 1.29 is 10.2 Å². The molecule has 0 bridgehead atoms. The summed E-state index contributed by atoms with van der Waals surface area (Å²) in [5.41, 5.74) is 2.47. The highest BCUT2D eigenvalue weighted by atomic mass is 16.3. The fourth-order valence-corrected chi connectivity index (χ4v) is 11.5. The molecule has 0 spiro atoms. The molecule has 0 radical (unpaired) electrons. The second kappa shape index (κ2) is 6.87. The Morgan fingerprint density at radius 2 is 1.47 bits per heavy atom. The minimum atomic E-state index is -0.312.